The van der Waals surface area contributed by atoms with Gasteiger partial charge < -0.3 is 14.6 Å². The van der Waals surface area contributed by atoms with E-state index in [0.29, 0.717) is 6.54 Å². The van der Waals surface area contributed by atoms with E-state index in [0.717, 1.165) is 18.8 Å². The second kappa shape index (κ2) is 6.98. The summed E-state index contributed by atoms with van der Waals surface area (Å²) in [5.74, 6) is 0. The smallest absolute Gasteiger partial charge is 0.0968 e. The van der Waals surface area contributed by atoms with E-state index in [1.165, 1.54) is 22.5 Å². The number of hydrogen-bond acceptors (Lipinski definition) is 3. The van der Waals surface area contributed by atoms with Gasteiger partial charge in [0.15, 0.2) is 0 Å². The molecule has 0 aliphatic carbocycles. The van der Waals surface area contributed by atoms with Crippen LogP contribution >= 0.6 is 0 Å². The molecular formula is C22H25N3O. The maximum atomic E-state index is 10.8. The molecule has 26 heavy (non-hydrogen) atoms. The van der Waals surface area contributed by atoms with E-state index in [2.05, 4.69) is 58.9 Å². The first-order valence-corrected chi connectivity index (χ1v) is 9.03. The van der Waals surface area contributed by atoms with E-state index in [-0.39, 0.29) is 0 Å². The number of benzene rings is 2. The van der Waals surface area contributed by atoms with Crippen molar-refractivity contribution in [2.45, 2.75) is 19.2 Å². The number of aliphatic hydroxyl groups excluding tert-OH is 1. The van der Waals surface area contributed by atoms with E-state index >= 15 is 0 Å². The highest BCUT2D eigenvalue weighted by atomic mass is 16.3. The zero-order chi connectivity index (χ0) is 18.1. The largest absolute Gasteiger partial charge is 0.387 e. The number of rotatable bonds is 4. The first-order valence-electron chi connectivity index (χ1n) is 9.03. The molecule has 0 saturated carbocycles. The summed E-state index contributed by atoms with van der Waals surface area (Å²) in [7, 11) is 4.27. The Hall–Kier alpha value is -2.56. The van der Waals surface area contributed by atoms with Crippen LogP contribution in [0.4, 0.5) is 5.69 Å². The summed E-state index contributed by atoms with van der Waals surface area (Å²) in [4.78, 5) is 4.59. The van der Waals surface area contributed by atoms with Crippen molar-refractivity contribution in [3.05, 3.63) is 78.0 Å². The lowest BCUT2D eigenvalue weighted by molar-refractivity contribution is 0.157. The van der Waals surface area contributed by atoms with Crippen LogP contribution in [0, 0.1) is 0 Å². The van der Waals surface area contributed by atoms with Crippen LogP contribution in [-0.4, -0.2) is 35.3 Å². The molecular weight excluding hydrogens is 322 g/mol. The molecule has 3 aromatic rings. The third kappa shape index (κ3) is 3.14. The lowest BCUT2D eigenvalue weighted by Crippen LogP contribution is -2.37. The Morgan fingerprint density at radius 3 is 2.31 bits per heavy atom. The third-order valence-electron chi connectivity index (χ3n) is 5.05. The molecule has 4 heteroatoms. The van der Waals surface area contributed by atoms with Gasteiger partial charge in [0, 0.05) is 25.4 Å². The average Bonchev–Trinajstić information content (AvgIpc) is 3.01. The molecule has 4 nitrogen and oxygen atoms in total. The Bertz CT molecular complexity index is 873. The molecule has 0 spiro atoms. The van der Waals surface area contributed by atoms with Gasteiger partial charge in [-0.3, -0.25) is 4.90 Å². The topological polar surface area (TPSA) is 31.6 Å². The molecule has 1 aliphatic heterocycles. The molecule has 2 aromatic carbocycles. The third-order valence-corrected chi connectivity index (χ3v) is 5.05. The summed E-state index contributed by atoms with van der Waals surface area (Å²) in [6.07, 6.45) is 1.66. The second-order valence-corrected chi connectivity index (χ2v) is 7.14. The van der Waals surface area contributed by atoms with Crippen LogP contribution in [0.5, 0.6) is 0 Å². The molecule has 4 rings (SSSR count). The van der Waals surface area contributed by atoms with Crippen molar-refractivity contribution in [2.24, 2.45) is 0 Å². The Balaban J connectivity index is 1.78. The van der Waals surface area contributed by atoms with E-state index in [4.69, 9.17) is 0 Å². The lowest BCUT2D eigenvalue weighted by Gasteiger charge is -2.32. The molecule has 0 bridgehead atoms. The lowest BCUT2D eigenvalue weighted by atomic mass is 10.0. The van der Waals surface area contributed by atoms with Crippen molar-refractivity contribution >= 4 is 5.69 Å². The van der Waals surface area contributed by atoms with Gasteiger partial charge in [0.25, 0.3) is 0 Å². The summed E-state index contributed by atoms with van der Waals surface area (Å²) >= 11 is 0. The molecule has 134 valence electrons. The molecule has 0 amide bonds. The van der Waals surface area contributed by atoms with Crippen molar-refractivity contribution in [3.8, 4) is 11.3 Å². The summed E-state index contributed by atoms with van der Waals surface area (Å²) < 4.78 is 2.22. The van der Waals surface area contributed by atoms with Crippen LogP contribution < -0.4 is 4.90 Å². The zero-order valence-electron chi connectivity index (χ0n) is 15.3. The first kappa shape index (κ1) is 16.9. The van der Waals surface area contributed by atoms with E-state index in [1.807, 2.05) is 36.4 Å². The van der Waals surface area contributed by atoms with Gasteiger partial charge in [-0.15, -0.1) is 0 Å². The van der Waals surface area contributed by atoms with Gasteiger partial charge in [-0.1, -0.05) is 60.7 Å². The van der Waals surface area contributed by atoms with Crippen molar-refractivity contribution in [3.63, 3.8) is 0 Å². The predicted molar refractivity (Wildman–Crippen MR) is 106 cm³/mol. The number of fused-ring (bicyclic) bond motifs is 1. The van der Waals surface area contributed by atoms with E-state index in [9.17, 15) is 5.11 Å². The van der Waals surface area contributed by atoms with Gasteiger partial charge in [-0.25, -0.2) is 0 Å². The maximum absolute atomic E-state index is 10.8. The first-order chi connectivity index (χ1) is 12.6. The van der Waals surface area contributed by atoms with Gasteiger partial charge in [-0.2, -0.15) is 0 Å². The maximum Gasteiger partial charge on any atom is 0.0968 e. The number of aromatic nitrogens is 1. The molecule has 0 unspecified atom stereocenters. The molecule has 1 atom stereocenters. The molecule has 1 N–H and O–H groups in total. The Morgan fingerprint density at radius 1 is 0.962 bits per heavy atom. The fourth-order valence-electron chi connectivity index (χ4n) is 3.87. The highest BCUT2D eigenvalue weighted by molar-refractivity contribution is 5.73. The summed E-state index contributed by atoms with van der Waals surface area (Å²) in [6.45, 7) is 2.36. The quantitative estimate of drug-likeness (QED) is 0.780. The fourth-order valence-corrected chi connectivity index (χ4v) is 3.87. The van der Waals surface area contributed by atoms with Gasteiger partial charge in [0.2, 0.25) is 0 Å². The number of hydrogen-bond donors (Lipinski definition) is 1. The van der Waals surface area contributed by atoms with Crippen LogP contribution in [-0.2, 0) is 13.1 Å². The second-order valence-electron chi connectivity index (χ2n) is 7.14. The molecule has 1 aromatic heterocycles. The summed E-state index contributed by atoms with van der Waals surface area (Å²) in [5, 5.41) is 10.8. The Kier molecular flexibility index (Phi) is 4.53. The highest BCUT2D eigenvalue weighted by Crippen LogP contribution is 2.37. The molecule has 1 aliphatic rings. The fraction of sp³-hybridized carbons (Fsp3) is 0.273. The minimum Gasteiger partial charge on any atom is -0.387 e. The van der Waals surface area contributed by atoms with Crippen LogP contribution in [0.3, 0.4) is 0 Å². The van der Waals surface area contributed by atoms with Crippen molar-refractivity contribution < 1.29 is 5.11 Å². The van der Waals surface area contributed by atoms with Gasteiger partial charge in [0.1, 0.15) is 0 Å². The van der Waals surface area contributed by atoms with Crippen LogP contribution in [0.1, 0.15) is 17.2 Å². The Labute approximate surface area is 154 Å². The average molecular weight is 347 g/mol. The molecule has 0 saturated heterocycles. The van der Waals surface area contributed by atoms with Crippen LogP contribution in [0.25, 0.3) is 11.3 Å². The minimum absolute atomic E-state index is 0.532. The number of anilines is 1. The van der Waals surface area contributed by atoms with E-state index in [1.54, 1.807) is 0 Å². The van der Waals surface area contributed by atoms with E-state index < -0.39 is 6.10 Å². The number of nitrogens with zero attached hydrogens (tertiary/aromatic N) is 3. The highest BCUT2D eigenvalue weighted by Gasteiger charge is 2.26. The summed E-state index contributed by atoms with van der Waals surface area (Å²) in [6, 6.07) is 20.4. The molecule has 2 heterocycles. The number of aliphatic hydroxyl groups is 1. The SMILES string of the molecule is CN1Cc2c(cn(C[C@@H](O)c3ccccc3)c2-c2ccccc2)N(C)C1. The standard InChI is InChI=1S/C22H25N3O/c1-23-13-19-20(24(2)16-23)14-25(22(19)18-11-7-4-8-12-18)15-21(26)17-9-5-3-6-10-17/h3-12,14,21,26H,13,15-16H2,1-2H3/t21-/m1/s1. The van der Waals surface area contributed by atoms with Crippen LogP contribution in [0.2, 0.25) is 0 Å². The van der Waals surface area contributed by atoms with Gasteiger partial charge in [-0.05, 0) is 18.2 Å². The monoisotopic (exact) mass is 347 g/mol. The molecule has 0 radical (unpaired) electrons. The zero-order valence-corrected chi connectivity index (χ0v) is 15.3. The van der Waals surface area contributed by atoms with Crippen molar-refractivity contribution in [2.75, 3.05) is 25.7 Å². The van der Waals surface area contributed by atoms with Crippen molar-refractivity contribution in [1.29, 1.82) is 0 Å². The minimum atomic E-state index is -0.532. The normalized spacial score (nSPS) is 15.7. The predicted octanol–water partition coefficient (Wildman–Crippen LogP) is 3.73. The Morgan fingerprint density at radius 2 is 1.62 bits per heavy atom. The van der Waals surface area contributed by atoms with Gasteiger partial charge in [0.05, 0.1) is 30.7 Å². The van der Waals surface area contributed by atoms with Crippen molar-refractivity contribution in [1.82, 2.24) is 9.47 Å². The molecule has 0 fully saturated rings. The van der Waals surface area contributed by atoms with Gasteiger partial charge >= 0.3 is 0 Å². The van der Waals surface area contributed by atoms with Crippen LogP contribution in [0.15, 0.2) is 66.9 Å². The summed E-state index contributed by atoms with van der Waals surface area (Å²) in [5.41, 5.74) is 5.92.